The third-order valence-corrected chi connectivity index (χ3v) is 8.48. The summed E-state index contributed by atoms with van der Waals surface area (Å²) in [7, 11) is 0. The van der Waals surface area contributed by atoms with Gasteiger partial charge in [0.25, 0.3) is 0 Å². The topological polar surface area (TPSA) is 56.7 Å². The number of para-hydroxylation sites is 1. The number of fused-ring (bicyclic) bond motifs is 5. The Morgan fingerprint density at radius 1 is 0.413 bits per heavy atom. The van der Waals surface area contributed by atoms with E-state index in [9.17, 15) is 0 Å². The monoisotopic (exact) mass is 590 g/mol. The van der Waals surface area contributed by atoms with Crippen molar-refractivity contribution in [2.45, 2.75) is 0 Å². The van der Waals surface area contributed by atoms with E-state index in [-0.39, 0.29) is 0 Å². The second-order valence-corrected chi connectivity index (χ2v) is 11.2. The van der Waals surface area contributed by atoms with Crippen LogP contribution in [-0.2, 0) is 0 Å². The minimum absolute atomic E-state index is 0.552. The Morgan fingerprint density at radius 2 is 0.935 bits per heavy atom. The van der Waals surface area contributed by atoms with Gasteiger partial charge in [-0.1, -0.05) is 140 Å². The van der Waals surface area contributed by atoms with Crippen LogP contribution in [-0.4, -0.2) is 19.5 Å². The predicted molar refractivity (Wildman–Crippen MR) is 186 cm³/mol. The highest BCUT2D eigenvalue weighted by Crippen LogP contribution is 2.45. The van der Waals surface area contributed by atoms with Gasteiger partial charge in [-0.05, 0) is 23.8 Å². The fourth-order valence-corrected chi connectivity index (χ4v) is 6.40. The zero-order valence-electron chi connectivity index (χ0n) is 24.7. The van der Waals surface area contributed by atoms with Crippen molar-refractivity contribution in [2.75, 3.05) is 0 Å². The van der Waals surface area contributed by atoms with E-state index in [1.165, 1.54) is 0 Å². The van der Waals surface area contributed by atoms with Crippen molar-refractivity contribution in [1.29, 1.82) is 0 Å². The molecule has 5 nitrogen and oxygen atoms in total. The first-order valence-corrected chi connectivity index (χ1v) is 15.3. The van der Waals surface area contributed by atoms with Gasteiger partial charge in [0.15, 0.2) is 11.6 Å². The molecule has 0 aliphatic carbocycles. The van der Waals surface area contributed by atoms with E-state index in [0.717, 1.165) is 66.4 Å². The van der Waals surface area contributed by atoms with Crippen LogP contribution >= 0.6 is 0 Å². The second-order valence-electron chi connectivity index (χ2n) is 11.2. The molecule has 0 bridgehead atoms. The van der Waals surface area contributed by atoms with Crippen molar-refractivity contribution in [3.63, 3.8) is 0 Å². The number of hydrogen-bond donors (Lipinski definition) is 0. The summed E-state index contributed by atoms with van der Waals surface area (Å²) >= 11 is 0. The van der Waals surface area contributed by atoms with Crippen LogP contribution in [0.15, 0.2) is 162 Å². The predicted octanol–water partition coefficient (Wildman–Crippen LogP) is 10.4. The Kier molecular flexibility index (Phi) is 6.06. The zero-order valence-corrected chi connectivity index (χ0v) is 24.7. The normalized spacial score (nSPS) is 11.5. The first-order chi connectivity index (χ1) is 22.8. The lowest BCUT2D eigenvalue weighted by Gasteiger charge is -2.10. The van der Waals surface area contributed by atoms with Crippen molar-refractivity contribution >= 4 is 32.8 Å². The molecule has 9 rings (SSSR count). The van der Waals surface area contributed by atoms with E-state index < -0.39 is 0 Å². The van der Waals surface area contributed by atoms with Crippen LogP contribution in [0.3, 0.4) is 0 Å². The number of hydrogen-bond acceptors (Lipinski definition) is 4. The molecule has 0 spiro atoms. The van der Waals surface area contributed by atoms with Crippen molar-refractivity contribution in [2.24, 2.45) is 0 Å². The molecule has 0 aliphatic rings. The molecule has 6 aromatic carbocycles. The van der Waals surface area contributed by atoms with Gasteiger partial charge >= 0.3 is 0 Å². The number of benzene rings is 6. The minimum Gasteiger partial charge on any atom is -0.455 e. The molecule has 46 heavy (non-hydrogen) atoms. The van der Waals surface area contributed by atoms with E-state index in [2.05, 4.69) is 77.4 Å². The molecular formula is C41H26N4O. The molecule has 0 unspecified atom stereocenters. The maximum atomic E-state index is 6.93. The molecule has 9 aromatic rings. The summed E-state index contributed by atoms with van der Waals surface area (Å²) in [6, 6.07) is 53.7. The Bertz CT molecular complexity index is 2440. The zero-order chi connectivity index (χ0) is 30.5. The van der Waals surface area contributed by atoms with E-state index >= 15 is 0 Å². The van der Waals surface area contributed by atoms with E-state index in [1.54, 1.807) is 0 Å². The number of furan rings is 1. The van der Waals surface area contributed by atoms with Crippen LogP contribution in [0.1, 0.15) is 0 Å². The molecular weight excluding hydrogens is 564 g/mol. The third kappa shape index (κ3) is 4.21. The van der Waals surface area contributed by atoms with Crippen LogP contribution in [0, 0.1) is 0 Å². The summed E-state index contributed by atoms with van der Waals surface area (Å²) in [5.41, 5.74) is 7.88. The number of rotatable bonds is 5. The maximum absolute atomic E-state index is 6.93. The minimum atomic E-state index is 0.552. The highest BCUT2D eigenvalue weighted by molar-refractivity contribution is 6.22. The highest BCUT2D eigenvalue weighted by Gasteiger charge is 2.24. The Morgan fingerprint density at radius 3 is 1.54 bits per heavy atom. The van der Waals surface area contributed by atoms with E-state index in [4.69, 9.17) is 19.4 Å². The van der Waals surface area contributed by atoms with Crippen LogP contribution in [0.4, 0.5) is 0 Å². The lowest BCUT2D eigenvalue weighted by atomic mass is 9.98. The summed E-state index contributed by atoms with van der Waals surface area (Å²) in [5, 5.41) is 3.15. The summed E-state index contributed by atoms with van der Waals surface area (Å²) in [6.07, 6.45) is 0. The molecule has 0 fully saturated rings. The molecule has 216 valence electrons. The largest absolute Gasteiger partial charge is 0.455 e. The maximum Gasteiger partial charge on any atom is 0.238 e. The van der Waals surface area contributed by atoms with Gasteiger partial charge in [-0.2, -0.15) is 9.97 Å². The smallest absolute Gasteiger partial charge is 0.238 e. The second kappa shape index (κ2) is 10.7. The summed E-state index contributed by atoms with van der Waals surface area (Å²) < 4.78 is 9.07. The molecule has 0 radical (unpaired) electrons. The Labute approximate surface area is 265 Å². The van der Waals surface area contributed by atoms with Gasteiger partial charge in [0.1, 0.15) is 11.3 Å². The lowest BCUT2D eigenvalue weighted by Crippen LogP contribution is -2.06. The third-order valence-electron chi connectivity index (χ3n) is 8.48. The fraction of sp³-hybridized carbons (Fsp3) is 0. The first-order valence-electron chi connectivity index (χ1n) is 15.3. The van der Waals surface area contributed by atoms with Crippen molar-refractivity contribution < 1.29 is 4.42 Å². The molecule has 5 heteroatoms. The molecule has 3 heterocycles. The molecule has 0 N–H and O–H groups in total. The standard InChI is InChI=1S/C41H26N4O/c1-5-15-27(16-6-1)35-32-25-26-34-36(38(32)46-37(35)28-17-7-2-8-18-28)31-23-13-14-24-33(31)45(34)41-43-39(29-19-9-3-10-20-29)42-40(44-41)30-21-11-4-12-22-30/h1-26H. The highest BCUT2D eigenvalue weighted by atomic mass is 16.3. The van der Waals surface area contributed by atoms with Gasteiger partial charge < -0.3 is 4.42 Å². The van der Waals surface area contributed by atoms with Gasteiger partial charge in [-0.15, -0.1) is 0 Å². The van der Waals surface area contributed by atoms with Crippen LogP contribution < -0.4 is 0 Å². The SMILES string of the molecule is c1ccc(-c2nc(-c3ccccc3)nc(-n3c4ccccc4c4c5oc(-c6ccccc6)c(-c6ccccc6)c5ccc43)n2)cc1. The van der Waals surface area contributed by atoms with Crippen LogP contribution in [0.5, 0.6) is 0 Å². The first kappa shape index (κ1) is 26.1. The van der Waals surface area contributed by atoms with Crippen molar-refractivity contribution in [3.8, 4) is 51.2 Å². The van der Waals surface area contributed by atoms with E-state index in [0.29, 0.717) is 17.6 Å². The van der Waals surface area contributed by atoms with Gasteiger partial charge in [-0.3, -0.25) is 4.57 Å². The molecule has 0 saturated carbocycles. The van der Waals surface area contributed by atoms with Gasteiger partial charge in [0.05, 0.1) is 16.4 Å². The Balaban J connectivity index is 1.38. The van der Waals surface area contributed by atoms with Crippen LogP contribution in [0.25, 0.3) is 83.9 Å². The van der Waals surface area contributed by atoms with Crippen LogP contribution in [0.2, 0.25) is 0 Å². The lowest BCUT2D eigenvalue weighted by molar-refractivity contribution is 0.636. The van der Waals surface area contributed by atoms with Gasteiger partial charge in [-0.25, -0.2) is 4.98 Å². The number of nitrogens with zero attached hydrogens (tertiary/aromatic N) is 4. The molecule has 0 amide bonds. The molecule has 0 saturated heterocycles. The average molecular weight is 591 g/mol. The summed E-state index contributed by atoms with van der Waals surface area (Å²) in [6.45, 7) is 0. The fourth-order valence-electron chi connectivity index (χ4n) is 6.40. The quantitative estimate of drug-likeness (QED) is 0.200. The number of aromatic nitrogens is 4. The molecule has 3 aromatic heterocycles. The van der Waals surface area contributed by atoms with Gasteiger partial charge in [0.2, 0.25) is 5.95 Å². The summed E-state index contributed by atoms with van der Waals surface area (Å²) in [4.78, 5) is 15.1. The van der Waals surface area contributed by atoms with E-state index in [1.807, 2.05) is 84.9 Å². The average Bonchev–Trinajstić information content (AvgIpc) is 3.69. The van der Waals surface area contributed by atoms with Gasteiger partial charge in [0, 0.05) is 33.0 Å². The molecule has 0 atom stereocenters. The van der Waals surface area contributed by atoms with Crippen molar-refractivity contribution in [3.05, 3.63) is 158 Å². The Hall–Kier alpha value is -6.33. The molecule has 0 aliphatic heterocycles. The van der Waals surface area contributed by atoms with Crippen molar-refractivity contribution in [1.82, 2.24) is 19.5 Å². The summed E-state index contributed by atoms with van der Waals surface area (Å²) in [5.74, 6) is 2.64.